The number of ether oxygens (including phenoxy) is 1. The quantitative estimate of drug-likeness (QED) is 0.674. The molecule has 0 amide bonds. The van der Waals surface area contributed by atoms with Gasteiger partial charge in [-0.3, -0.25) is 4.90 Å². The van der Waals surface area contributed by atoms with Gasteiger partial charge in [-0.05, 0) is 26.0 Å². The van der Waals surface area contributed by atoms with Gasteiger partial charge in [-0.2, -0.15) is 12.6 Å². The highest BCUT2D eigenvalue weighted by molar-refractivity contribution is 7.80. The van der Waals surface area contributed by atoms with Crippen molar-refractivity contribution in [3.8, 4) is 0 Å². The van der Waals surface area contributed by atoms with E-state index in [0.717, 1.165) is 38.5 Å². The molecule has 0 unspecified atom stereocenters. The highest BCUT2D eigenvalue weighted by atomic mass is 32.1. The summed E-state index contributed by atoms with van der Waals surface area (Å²) < 4.78 is 5.31. The fraction of sp³-hybridized carbons (Fsp3) is 1.00. The molecule has 1 rings (SSSR count). The van der Waals surface area contributed by atoms with E-state index in [0.29, 0.717) is 5.54 Å². The molecule has 0 bridgehead atoms. The van der Waals surface area contributed by atoms with Gasteiger partial charge in [0, 0.05) is 18.6 Å². The molecule has 0 aromatic rings. The highest BCUT2D eigenvalue weighted by Gasteiger charge is 2.26. The molecule has 1 fully saturated rings. The zero-order valence-electron chi connectivity index (χ0n) is 8.05. The van der Waals surface area contributed by atoms with Gasteiger partial charge in [-0.25, -0.2) is 0 Å². The van der Waals surface area contributed by atoms with Crippen LogP contribution in [0.1, 0.15) is 20.3 Å². The average Bonchev–Trinajstić information content (AvgIpc) is 2.06. The molecule has 3 heteroatoms. The van der Waals surface area contributed by atoms with Crippen LogP contribution in [-0.4, -0.2) is 42.5 Å². The molecular formula is C9H19NOS. The lowest BCUT2D eigenvalue weighted by Gasteiger charge is -2.40. The molecule has 1 aliphatic rings. The first-order valence-corrected chi connectivity index (χ1v) is 5.24. The molecule has 1 saturated heterocycles. The van der Waals surface area contributed by atoms with E-state index in [9.17, 15) is 0 Å². The van der Waals surface area contributed by atoms with Crippen LogP contribution in [0.2, 0.25) is 0 Å². The van der Waals surface area contributed by atoms with Crippen molar-refractivity contribution in [3.63, 3.8) is 0 Å². The first-order chi connectivity index (χ1) is 5.67. The Morgan fingerprint density at radius 1 is 1.33 bits per heavy atom. The zero-order valence-corrected chi connectivity index (χ0v) is 8.94. The Labute approximate surface area is 80.7 Å². The van der Waals surface area contributed by atoms with E-state index in [2.05, 4.69) is 31.4 Å². The van der Waals surface area contributed by atoms with Crippen molar-refractivity contribution < 1.29 is 4.74 Å². The maximum Gasteiger partial charge on any atom is 0.0594 e. The van der Waals surface area contributed by atoms with Crippen molar-refractivity contribution in [1.82, 2.24) is 4.90 Å². The summed E-state index contributed by atoms with van der Waals surface area (Å²) in [4.78, 5) is 2.49. The maximum absolute atomic E-state index is 5.31. The molecule has 0 N–H and O–H groups in total. The Hall–Kier alpha value is 0.270. The van der Waals surface area contributed by atoms with Crippen LogP contribution in [0.5, 0.6) is 0 Å². The van der Waals surface area contributed by atoms with Gasteiger partial charge in [0.25, 0.3) is 0 Å². The van der Waals surface area contributed by atoms with Gasteiger partial charge in [0.1, 0.15) is 0 Å². The lowest BCUT2D eigenvalue weighted by Crippen LogP contribution is -2.50. The van der Waals surface area contributed by atoms with Crippen LogP contribution in [0.15, 0.2) is 0 Å². The van der Waals surface area contributed by atoms with Crippen molar-refractivity contribution in [2.45, 2.75) is 25.8 Å². The summed E-state index contributed by atoms with van der Waals surface area (Å²) in [5, 5.41) is 0. The molecule has 0 saturated carbocycles. The fourth-order valence-corrected chi connectivity index (χ4v) is 2.15. The molecule has 72 valence electrons. The van der Waals surface area contributed by atoms with Crippen LogP contribution in [0, 0.1) is 0 Å². The van der Waals surface area contributed by atoms with Gasteiger partial charge in [0.15, 0.2) is 0 Å². The second kappa shape index (κ2) is 4.49. The summed E-state index contributed by atoms with van der Waals surface area (Å²) in [6, 6.07) is 0. The molecular weight excluding hydrogens is 170 g/mol. The fourth-order valence-electron chi connectivity index (χ4n) is 1.60. The molecule has 0 aliphatic carbocycles. The SMILES string of the molecule is CC(C)(CCS)N1CCOCC1. The molecule has 0 spiro atoms. The summed E-state index contributed by atoms with van der Waals surface area (Å²) in [7, 11) is 0. The van der Waals surface area contributed by atoms with Crippen molar-refractivity contribution in [1.29, 1.82) is 0 Å². The first kappa shape index (κ1) is 10.4. The van der Waals surface area contributed by atoms with Crippen LogP contribution in [0.4, 0.5) is 0 Å². The van der Waals surface area contributed by atoms with E-state index in [1.54, 1.807) is 0 Å². The van der Waals surface area contributed by atoms with Crippen LogP contribution >= 0.6 is 12.6 Å². The minimum atomic E-state index is 0.297. The van der Waals surface area contributed by atoms with Crippen molar-refractivity contribution >= 4 is 12.6 Å². The summed E-state index contributed by atoms with van der Waals surface area (Å²) in [5.74, 6) is 0.963. The van der Waals surface area contributed by atoms with Gasteiger partial charge in [0.05, 0.1) is 13.2 Å². The van der Waals surface area contributed by atoms with E-state index in [1.165, 1.54) is 0 Å². The molecule has 1 heterocycles. The Balaban J connectivity index is 2.41. The van der Waals surface area contributed by atoms with E-state index >= 15 is 0 Å². The monoisotopic (exact) mass is 189 g/mol. The van der Waals surface area contributed by atoms with Gasteiger partial charge in [-0.15, -0.1) is 0 Å². The zero-order chi connectivity index (χ0) is 9.03. The molecule has 0 aromatic heterocycles. The van der Waals surface area contributed by atoms with E-state index < -0.39 is 0 Å². The lowest BCUT2D eigenvalue weighted by molar-refractivity contribution is -0.0107. The smallest absolute Gasteiger partial charge is 0.0594 e. The number of thiol groups is 1. The van der Waals surface area contributed by atoms with E-state index in [-0.39, 0.29) is 0 Å². The average molecular weight is 189 g/mol. The molecule has 12 heavy (non-hydrogen) atoms. The van der Waals surface area contributed by atoms with Crippen LogP contribution in [0.25, 0.3) is 0 Å². The van der Waals surface area contributed by atoms with Gasteiger partial charge in [-0.1, -0.05) is 0 Å². The third kappa shape index (κ3) is 2.64. The van der Waals surface area contributed by atoms with Crippen LogP contribution < -0.4 is 0 Å². The first-order valence-electron chi connectivity index (χ1n) is 4.60. The normalized spacial score (nSPS) is 21.2. The second-order valence-corrected chi connectivity index (χ2v) is 4.33. The van der Waals surface area contributed by atoms with Crippen molar-refractivity contribution in [2.75, 3.05) is 32.1 Å². The van der Waals surface area contributed by atoms with Crippen LogP contribution in [0.3, 0.4) is 0 Å². The number of rotatable bonds is 3. The Kier molecular flexibility index (Phi) is 3.87. The molecule has 0 radical (unpaired) electrons. The van der Waals surface area contributed by atoms with Crippen LogP contribution in [-0.2, 0) is 4.74 Å². The Bertz CT molecular complexity index is 132. The summed E-state index contributed by atoms with van der Waals surface area (Å²) in [5.41, 5.74) is 0.297. The largest absolute Gasteiger partial charge is 0.379 e. The van der Waals surface area contributed by atoms with Gasteiger partial charge >= 0.3 is 0 Å². The third-order valence-corrected chi connectivity index (χ3v) is 2.81. The lowest BCUT2D eigenvalue weighted by atomic mass is 9.99. The predicted octanol–water partition coefficient (Wildman–Crippen LogP) is 1.42. The standard InChI is InChI=1S/C9H19NOS/c1-9(2,3-8-12)10-4-6-11-7-5-10/h12H,3-8H2,1-2H3. The number of morpholine rings is 1. The van der Waals surface area contributed by atoms with Gasteiger partial charge in [0.2, 0.25) is 0 Å². The topological polar surface area (TPSA) is 12.5 Å². The molecule has 1 aliphatic heterocycles. The summed E-state index contributed by atoms with van der Waals surface area (Å²) in [6.45, 7) is 8.48. The molecule has 2 nitrogen and oxygen atoms in total. The number of hydrogen-bond acceptors (Lipinski definition) is 3. The molecule has 0 atom stereocenters. The third-order valence-electron chi connectivity index (χ3n) is 2.59. The van der Waals surface area contributed by atoms with Crippen molar-refractivity contribution in [2.24, 2.45) is 0 Å². The van der Waals surface area contributed by atoms with Gasteiger partial charge < -0.3 is 4.74 Å². The minimum absolute atomic E-state index is 0.297. The Morgan fingerprint density at radius 2 is 1.92 bits per heavy atom. The summed E-state index contributed by atoms with van der Waals surface area (Å²) >= 11 is 4.28. The minimum Gasteiger partial charge on any atom is -0.379 e. The van der Waals surface area contributed by atoms with Crippen molar-refractivity contribution in [3.05, 3.63) is 0 Å². The molecule has 0 aromatic carbocycles. The maximum atomic E-state index is 5.31. The summed E-state index contributed by atoms with van der Waals surface area (Å²) in [6.07, 6.45) is 1.15. The number of nitrogens with zero attached hydrogens (tertiary/aromatic N) is 1. The highest BCUT2D eigenvalue weighted by Crippen LogP contribution is 2.20. The predicted molar refractivity (Wildman–Crippen MR) is 54.9 cm³/mol. The van der Waals surface area contributed by atoms with E-state index in [4.69, 9.17) is 4.74 Å². The second-order valence-electron chi connectivity index (χ2n) is 3.89. The number of hydrogen-bond donors (Lipinski definition) is 1. The van der Waals surface area contributed by atoms with E-state index in [1.807, 2.05) is 0 Å². The Morgan fingerprint density at radius 3 is 2.42 bits per heavy atom.